The number of rotatable bonds is 9. The Labute approximate surface area is 200 Å². The minimum absolute atomic E-state index is 0.326. The van der Waals surface area contributed by atoms with Crippen molar-refractivity contribution in [2.45, 2.75) is 39.4 Å². The van der Waals surface area contributed by atoms with Crippen molar-refractivity contribution in [2.75, 3.05) is 33.4 Å². The van der Waals surface area contributed by atoms with Gasteiger partial charge in [-0.15, -0.1) is 0 Å². The maximum atomic E-state index is 11.9. The number of ether oxygens (including phenoxy) is 1. The maximum absolute atomic E-state index is 11.9. The first-order valence-electron chi connectivity index (χ1n) is 10.3. The van der Waals surface area contributed by atoms with Gasteiger partial charge in [0.1, 0.15) is 0 Å². The van der Waals surface area contributed by atoms with E-state index >= 15 is 0 Å². The normalized spacial score (nSPS) is 7.91. The maximum Gasteiger partial charge on any atom is 0.299 e. The molecule has 1 amide bonds. The summed E-state index contributed by atoms with van der Waals surface area (Å²) in [5, 5.41) is 0. The zero-order valence-corrected chi connectivity index (χ0v) is 20.9. The van der Waals surface area contributed by atoms with Crippen molar-refractivity contribution in [1.82, 2.24) is 4.90 Å². The zero-order valence-electron chi connectivity index (χ0n) is 19.9. The van der Waals surface area contributed by atoms with E-state index in [1.807, 2.05) is 6.92 Å². The van der Waals surface area contributed by atoms with Crippen LogP contribution in [0.15, 0.2) is 0 Å². The van der Waals surface area contributed by atoms with Gasteiger partial charge in [0.2, 0.25) is 0 Å². The summed E-state index contributed by atoms with van der Waals surface area (Å²) < 4.78 is 11.4. The summed E-state index contributed by atoms with van der Waals surface area (Å²) in [4.78, 5) is 13.4. The molecule has 0 saturated carbocycles. The van der Waals surface area contributed by atoms with Crippen molar-refractivity contribution in [1.29, 1.82) is 0 Å². The fourth-order valence-electron chi connectivity index (χ4n) is 2.09. The van der Waals surface area contributed by atoms with Crippen LogP contribution in [0.5, 0.6) is 0 Å². The standard InChI is InChI=1S/C28H27NO3Si/c1-6-8-9-10-11-12-13-14-15-16-17-18-19-20-21-23-28(30)29(3)24-26-31-25-22-27-33(4,5)32-7-2/h7,22,24-27H2,1-5H3. The second kappa shape index (κ2) is 20.0. The Bertz CT molecular complexity index is 1150. The Kier molecular flexibility index (Phi) is 17.6. The lowest BCUT2D eigenvalue weighted by atomic mass is 10.4. The highest BCUT2D eigenvalue weighted by molar-refractivity contribution is 6.71. The molecule has 0 aliphatic carbocycles. The highest BCUT2D eigenvalue weighted by Crippen LogP contribution is 2.13. The van der Waals surface area contributed by atoms with Gasteiger partial charge in [-0.2, -0.15) is 0 Å². The SMILES string of the molecule is CC#CC#CC#CC#CC#CC#CC#CC#CC(=O)N(C)CCOCCC[Si](C)(C)OCC. The van der Waals surface area contributed by atoms with Gasteiger partial charge in [0.15, 0.2) is 8.32 Å². The van der Waals surface area contributed by atoms with Crippen LogP contribution in [0.4, 0.5) is 0 Å². The lowest BCUT2D eigenvalue weighted by Gasteiger charge is -2.21. The monoisotopic (exact) mass is 453 g/mol. The fraction of sp³-hybridized carbons (Fsp3) is 0.393. The van der Waals surface area contributed by atoms with Gasteiger partial charge in [0, 0.05) is 32.7 Å². The lowest BCUT2D eigenvalue weighted by molar-refractivity contribution is -0.124. The molecule has 0 saturated heterocycles. The molecule has 0 N–H and O–H groups in total. The first-order chi connectivity index (χ1) is 15.9. The van der Waals surface area contributed by atoms with E-state index in [1.165, 1.54) is 4.90 Å². The smallest absolute Gasteiger partial charge is 0.299 e. The molecular formula is C28H27NO3Si. The number of hydrogen-bond acceptors (Lipinski definition) is 3. The van der Waals surface area contributed by atoms with Crippen molar-refractivity contribution < 1.29 is 14.0 Å². The molecule has 33 heavy (non-hydrogen) atoms. The predicted octanol–water partition coefficient (Wildman–Crippen LogP) is 2.14. The molecule has 0 unspecified atom stereocenters. The Morgan fingerprint density at radius 1 is 0.788 bits per heavy atom. The average molecular weight is 454 g/mol. The van der Waals surface area contributed by atoms with Gasteiger partial charge in [-0.25, -0.2) is 0 Å². The summed E-state index contributed by atoms with van der Waals surface area (Å²) in [6, 6.07) is 1.06. The molecule has 0 fully saturated rings. The van der Waals surface area contributed by atoms with Crippen molar-refractivity contribution in [3.8, 4) is 94.7 Å². The Balaban J connectivity index is 4.22. The first-order valence-corrected chi connectivity index (χ1v) is 13.4. The number of amides is 1. The zero-order chi connectivity index (χ0) is 24.6. The average Bonchev–Trinajstić information content (AvgIpc) is 2.78. The number of nitrogens with zero attached hydrogens (tertiary/aromatic N) is 1. The second-order valence-electron chi connectivity index (χ2n) is 6.76. The summed E-state index contributed by atoms with van der Waals surface area (Å²) in [6.07, 6.45) is 0.961. The van der Waals surface area contributed by atoms with Crippen LogP contribution in [0.1, 0.15) is 20.3 Å². The minimum Gasteiger partial charge on any atom is -0.418 e. The Hall–Kier alpha value is -3.91. The molecule has 0 heterocycles. The first kappa shape index (κ1) is 29.1. The van der Waals surface area contributed by atoms with E-state index in [1.54, 1.807) is 14.0 Å². The highest BCUT2D eigenvalue weighted by atomic mass is 28.4. The van der Waals surface area contributed by atoms with Crippen molar-refractivity contribution in [3.63, 3.8) is 0 Å². The van der Waals surface area contributed by atoms with Crippen LogP contribution in [0.3, 0.4) is 0 Å². The highest BCUT2D eigenvalue weighted by Gasteiger charge is 2.20. The van der Waals surface area contributed by atoms with Crippen molar-refractivity contribution >= 4 is 14.2 Å². The molecule has 0 atom stereocenters. The molecule has 166 valence electrons. The van der Waals surface area contributed by atoms with Gasteiger partial charge in [-0.05, 0) is 122 Å². The van der Waals surface area contributed by atoms with Crippen molar-refractivity contribution in [2.24, 2.45) is 0 Å². The molecule has 0 aliphatic rings. The summed E-state index contributed by atoms with van der Waals surface area (Å²) in [5.41, 5.74) is 0. The van der Waals surface area contributed by atoms with Crippen LogP contribution < -0.4 is 0 Å². The van der Waals surface area contributed by atoms with Gasteiger partial charge in [-0.1, -0.05) is 5.92 Å². The third kappa shape index (κ3) is 19.8. The molecule has 0 bridgehead atoms. The second-order valence-corrected chi connectivity index (χ2v) is 11.1. The topological polar surface area (TPSA) is 38.8 Å². The summed E-state index contributed by atoms with van der Waals surface area (Å²) in [5.74, 6) is 39.9. The van der Waals surface area contributed by atoms with Gasteiger partial charge >= 0.3 is 0 Å². The third-order valence-electron chi connectivity index (χ3n) is 3.63. The van der Waals surface area contributed by atoms with Crippen LogP contribution in [-0.4, -0.2) is 52.5 Å². The predicted molar refractivity (Wildman–Crippen MR) is 135 cm³/mol. The Morgan fingerprint density at radius 3 is 1.76 bits per heavy atom. The van der Waals surface area contributed by atoms with E-state index < -0.39 is 8.32 Å². The van der Waals surface area contributed by atoms with E-state index in [9.17, 15) is 4.79 Å². The quantitative estimate of drug-likeness (QED) is 0.305. The van der Waals surface area contributed by atoms with E-state index in [0.717, 1.165) is 19.1 Å². The van der Waals surface area contributed by atoms with Crippen LogP contribution in [0, 0.1) is 94.7 Å². The minimum atomic E-state index is -1.56. The summed E-state index contributed by atoms with van der Waals surface area (Å²) >= 11 is 0. The van der Waals surface area contributed by atoms with E-state index in [0.29, 0.717) is 19.8 Å². The van der Waals surface area contributed by atoms with Gasteiger partial charge in [0.25, 0.3) is 5.91 Å². The summed E-state index contributed by atoms with van der Waals surface area (Å²) in [7, 11) is 0.117. The molecule has 0 aromatic carbocycles. The Morgan fingerprint density at radius 2 is 1.27 bits per heavy atom. The van der Waals surface area contributed by atoms with E-state index in [-0.39, 0.29) is 5.91 Å². The van der Waals surface area contributed by atoms with Gasteiger partial charge in [-0.3, -0.25) is 4.79 Å². The number of likely N-dealkylation sites (N-methyl/N-ethyl adjacent to an activating group) is 1. The summed E-state index contributed by atoms with van der Waals surface area (Å²) in [6.45, 7) is 10.5. The molecular weight excluding hydrogens is 426 g/mol. The van der Waals surface area contributed by atoms with Crippen molar-refractivity contribution in [3.05, 3.63) is 0 Å². The van der Waals surface area contributed by atoms with Gasteiger partial charge in [0.05, 0.1) is 6.61 Å². The number of carbonyl (C=O) groups excluding carboxylic acids is 1. The van der Waals surface area contributed by atoms with Crippen LogP contribution in [0.2, 0.25) is 19.1 Å². The fourth-order valence-corrected chi connectivity index (χ4v) is 4.01. The van der Waals surface area contributed by atoms with E-state index in [4.69, 9.17) is 9.16 Å². The third-order valence-corrected chi connectivity index (χ3v) is 6.26. The largest absolute Gasteiger partial charge is 0.418 e. The molecule has 5 heteroatoms. The lowest BCUT2D eigenvalue weighted by Crippen LogP contribution is -2.31. The molecule has 0 spiro atoms. The molecule has 0 aromatic heterocycles. The molecule has 0 aromatic rings. The van der Waals surface area contributed by atoms with Crippen LogP contribution in [-0.2, 0) is 14.0 Å². The molecule has 0 radical (unpaired) electrons. The van der Waals surface area contributed by atoms with Gasteiger partial charge < -0.3 is 14.1 Å². The number of hydrogen-bond donors (Lipinski definition) is 0. The molecule has 0 rings (SSSR count). The molecule has 4 nitrogen and oxygen atoms in total. The van der Waals surface area contributed by atoms with Crippen LogP contribution in [0.25, 0.3) is 0 Å². The molecule has 0 aliphatic heterocycles. The number of carbonyl (C=O) groups is 1. The van der Waals surface area contributed by atoms with Crippen LogP contribution >= 0.6 is 0 Å². The van der Waals surface area contributed by atoms with E-state index in [2.05, 4.69) is 108 Å².